The molecule has 2 heterocycles. The van der Waals surface area contributed by atoms with E-state index in [9.17, 15) is 4.79 Å². The Morgan fingerprint density at radius 3 is 2.79 bits per heavy atom. The van der Waals surface area contributed by atoms with Gasteiger partial charge in [0.1, 0.15) is 0 Å². The Bertz CT molecular complexity index is 636. The minimum atomic E-state index is -0.0312. The van der Waals surface area contributed by atoms with Crippen LogP contribution < -0.4 is 16.0 Å². The summed E-state index contributed by atoms with van der Waals surface area (Å²) in [6.07, 6.45) is 5.94. The molecule has 0 saturated carbocycles. The molecule has 126 valence electrons. The fourth-order valence-corrected chi connectivity index (χ4v) is 3.00. The van der Waals surface area contributed by atoms with E-state index < -0.39 is 0 Å². The van der Waals surface area contributed by atoms with E-state index in [0.29, 0.717) is 24.6 Å². The van der Waals surface area contributed by atoms with Crippen LogP contribution in [0.3, 0.4) is 0 Å². The van der Waals surface area contributed by atoms with Gasteiger partial charge in [-0.2, -0.15) is 0 Å². The molecule has 1 saturated heterocycles. The van der Waals surface area contributed by atoms with E-state index in [-0.39, 0.29) is 5.91 Å². The number of pyridine rings is 1. The number of anilines is 1. The van der Waals surface area contributed by atoms with E-state index in [0.717, 1.165) is 18.8 Å². The van der Waals surface area contributed by atoms with Crippen molar-refractivity contribution in [3.63, 3.8) is 0 Å². The van der Waals surface area contributed by atoms with Gasteiger partial charge in [-0.1, -0.05) is 12.1 Å². The normalized spacial score (nSPS) is 17.2. The van der Waals surface area contributed by atoms with Crippen LogP contribution in [0.4, 0.5) is 5.69 Å². The summed E-state index contributed by atoms with van der Waals surface area (Å²) >= 11 is 0. The number of amides is 1. The molecule has 0 aliphatic carbocycles. The fourth-order valence-electron chi connectivity index (χ4n) is 3.00. The molecular weight excluding hydrogens is 300 g/mol. The third-order valence-electron chi connectivity index (χ3n) is 4.34. The molecule has 0 spiro atoms. The number of hydrogen-bond acceptors (Lipinski definition) is 4. The molecule has 2 aromatic rings. The van der Waals surface area contributed by atoms with Crippen molar-refractivity contribution in [2.45, 2.75) is 18.8 Å². The Balaban J connectivity index is 1.44. The molecule has 1 atom stereocenters. The molecule has 1 aromatic heterocycles. The monoisotopic (exact) mass is 324 g/mol. The van der Waals surface area contributed by atoms with Crippen molar-refractivity contribution < 1.29 is 4.79 Å². The summed E-state index contributed by atoms with van der Waals surface area (Å²) in [4.78, 5) is 16.2. The van der Waals surface area contributed by atoms with Gasteiger partial charge in [0, 0.05) is 37.6 Å². The van der Waals surface area contributed by atoms with Gasteiger partial charge in [-0.25, -0.2) is 0 Å². The zero-order chi connectivity index (χ0) is 16.6. The summed E-state index contributed by atoms with van der Waals surface area (Å²) in [5.74, 6) is 0.538. The second kappa shape index (κ2) is 8.45. The molecule has 3 rings (SSSR count). The molecule has 1 unspecified atom stereocenters. The second-order valence-corrected chi connectivity index (χ2v) is 6.09. The average Bonchev–Trinajstić information content (AvgIpc) is 2.67. The molecule has 3 N–H and O–H groups in total. The minimum Gasteiger partial charge on any atom is -0.382 e. The van der Waals surface area contributed by atoms with Gasteiger partial charge >= 0.3 is 0 Å². The maximum Gasteiger partial charge on any atom is 0.251 e. The van der Waals surface area contributed by atoms with Crippen LogP contribution >= 0.6 is 0 Å². The Kier molecular flexibility index (Phi) is 5.80. The van der Waals surface area contributed by atoms with E-state index in [2.05, 4.69) is 33.1 Å². The van der Waals surface area contributed by atoms with Crippen molar-refractivity contribution >= 4 is 11.6 Å². The van der Waals surface area contributed by atoms with Crippen LogP contribution in [0.5, 0.6) is 0 Å². The van der Waals surface area contributed by atoms with Gasteiger partial charge < -0.3 is 16.0 Å². The topological polar surface area (TPSA) is 66.0 Å². The molecule has 1 aliphatic heterocycles. The predicted octanol–water partition coefficient (Wildman–Crippen LogP) is 2.39. The quantitative estimate of drug-likeness (QED) is 0.714. The number of rotatable bonds is 6. The highest BCUT2D eigenvalue weighted by Gasteiger charge is 2.15. The van der Waals surface area contributed by atoms with Crippen LogP contribution in [0.15, 0.2) is 48.8 Å². The number of carbonyl (C=O) groups is 1. The average molecular weight is 324 g/mol. The van der Waals surface area contributed by atoms with Gasteiger partial charge in [0.05, 0.1) is 5.69 Å². The number of nitrogens with zero attached hydrogens (tertiary/aromatic N) is 1. The number of aromatic nitrogens is 1. The van der Waals surface area contributed by atoms with Crippen LogP contribution in [0, 0.1) is 0 Å². The molecule has 0 radical (unpaired) electrons. The molecular formula is C19H24N4O. The van der Waals surface area contributed by atoms with Gasteiger partial charge in [-0.15, -0.1) is 0 Å². The van der Waals surface area contributed by atoms with Crippen molar-refractivity contribution in [2.75, 3.05) is 31.5 Å². The van der Waals surface area contributed by atoms with Crippen molar-refractivity contribution in [2.24, 2.45) is 0 Å². The first kappa shape index (κ1) is 16.5. The third-order valence-corrected chi connectivity index (χ3v) is 4.34. The molecule has 0 bridgehead atoms. The standard InChI is InChI=1S/C19H24N4O/c24-19(23-12-11-22-18-4-2-10-21-14-18)16-7-5-15(6-8-16)17-3-1-9-20-13-17/h2,4-8,10,14,17,20,22H,1,3,9,11-13H2,(H,23,24). The summed E-state index contributed by atoms with van der Waals surface area (Å²) < 4.78 is 0. The molecule has 1 amide bonds. The predicted molar refractivity (Wildman–Crippen MR) is 96.3 cm³/mol. The Labute approximate surface area is 142 Å². The lowest BCUT2D eigenvalue weighted by Gasteiger charge is -2.23. The largest absolute Gasteiger partial charge is 0.382 e. The molecule has 1 fully saturated rings. The lowest BCUT2D eigenvalue weighted by Crippen LogP contribution is -2.29. The Hall–Kier alpha value is -2.40. The highest BCUT2D eigenvalue weighted by Crippen LogP contribution is 2.23. The van der Waals surface area contributed by atoms with Crippen LogP contribution in [0.1, 0.15) is 34.7 Å². The summed E-state index contributed by atoms with van der Waals surface area (Å²) in [5.41, 5.74) is 2.98. The van der Waals surface area contributed by atoms with Gasteiger partial charge in [0.2, 0.25) is 0 Å². The zero-order valence-electron chi connectivity index (χ0n) is 13.8. The first-order chi connectivity index (χ1) is 11.8. The van der Waals surface area contributed by atoms with E-state index in [1.807, 2.05) is 24.3 Å². The lowest BCUT2D eigenvalue weighted by atomic mass is 9.91. The number of benzene rings is 1. The van der Waals surface area contributed by atoms with E-state index >= 15 is 0 Å². The molecule has 5 heteroatoms. The maximum absolute atomic E-state index is 12.2. The van der Waals surface area contributed by atoms with Gasteiger partial charge in [0.15, 0.2) is 0 Å². The minimum absolute atomic E-state index is 0.0312. The highest BCUT2D eigenvalue weighted by molar-refractivity contribution is 5.94. The first-order valence-electron chi connectivity index (χ1n) is 8.56. The fraction of sp³-hybridized carbons (Fsp3) is 0.368. The molecule has 1 aliphatic rings. The smallest absolute Gasteiger partial charge is 0.251 e. The molecule has 5 nitrogen and oxygen atoms in total. The van der Waals surface area contributed by atoms with Gasteiger partial charge in [-0.05, 0) is 55.1 Å². The summed E-state index contributed by atoms with van der Waals surface area (Å²) in [7, 11) is 0. The molecule has 1 aromatic carbocycles. The molecule has 24 heavy (non-hydrogen) atoms. The van der Waals surface area contributed by atoms with Crippen molar-refractivity contribution in [3.8, 4) is 0 Å². The van der Waals surface area contributed by atoms with Crippen molar-refractivity contribution in [1.29, 1.82) is 0 Å². The van der Waals surface area contributed by atoms with E-state index in [1.54, 1.807) is 12.4 Å². The van der Waals surface area contributed by atoms with Crippen molar-refractivity contribution in [3.05, 3.63) is 59.9 Å². The number of hydrogen-bond donors (Lipinski definition) is 3. The number of nitrogens with one attached hydrogen (secondary N) is 3. The first-order valence-corrected chi connectivity index (χ1v) is 8.56. The van der Waals surface area contributed by atoms with E-state index in [1.165, 1.54) is 18.4 Å². The van der Waals surface area contributed by atoms with Crippen LogP contribution in [0.25, 0.3) is 0 Å². The van der Waals surface area contributed by atoms with Gasteiger partial charge in [0.25, 0.3) is 5.91 Å². The zero-order valence-corrected chi connectivity index (χ0v) is 13.8. The summed E-state index contributed by atoms with van der Waals surface area (Å²) in [6, 6.07) is 11.8. The maximum atomic E-state index is 12.2. The van der Waals surface area contributed by atoms with Crippen LogP contribution in [-0.4, -0.2) is 37.1 Å². The van der Waals surface area contributed by atoms with E-state index in [4.69, 9.17) is 0 Å². The van der Waals surface area contributed by atoms with Gasteiger partial charge in [-0.3, -0.25) is 9.78 Å². The summed E-state index contributed by atoms with van der Waals surface area (Å²) in [5, 5.41) is 9.58. The number of piperidine rings is 1. The van der Waals surface area contributed by atoms with Crippen LogP contribution in [-0.2, 0) is 0 Å². The Morgan fingerprint density at radius 2 is 2.08 bits per heavy atom. The third kappa shape index (κ3) is 4.55. The highest BCUT2D eigenvalue weighted by atomic mass is 16.1. The second-order valence-electron chi connectivity index (χ2n) is 6.09. The Morgan fingerprint density at radius 1 is 1.21 bits per heavy atom. The number of carbonyl (C=O) groups excluding carboxylic acids is 1. The van der Waals surface area contributed by atoms with Crippen molar-refractivity contribution in [1.82, 2.24) is 15.6 Å². The van der Waals surface area contributed by atoms with Crippen LogP contribution in [0.2, 0.25) is 0 Å². The SMILES string of the molecule is O=C(NCCNc1cccnc1)c1ccc(C2CCCNC2)cc1. The summed E-state index contributed by atoms with van der Waals surface area (Å²) in [6.45, 7) is 3.39. The lowest BCUT2D eigenvalue weighted by molar-refractivity contribution is 0.0955.